The van der Waals surface area contributed by atoms with Gasteiger partial charge >= 0.3 is 0 Å². The van der Waals surface area contributed by atoms with Gasteiger partial charge in [0.1, 0.15) is 0 Å². The van der Waals surface area contributed by atoms with E-state index in [-0.39, 0.29) is 5.91 Å². The molecule has 0 radical (unpaired) electrons. The summed E-state index contributed by atoms with van der Waals surface area (Å²) in [6.45, 7) is 7.38. The summed E-state index contributed by atoms with van der Waals surface area (Å²) in [4.78, 5) is 15.5. The fourth-order valence-electron chi connectivity index (χ4n) is 2.26. The monoisotopic (exact) mass is 302 g/mol. The molecule has 1 aromatic heterocycles. The first kappa shape index (κ1) is 15.7. The van der Waals surface area contributed by atoms with Crippen LogP contribution in [0, 0.1) is 20.8 Å². The normalized spacial score (nSPS) is 10.9. The van der Waals surface area contributed by atoms with Crippen molar-refractivity contribution in [2.24, 2.45) is 0 Å². The van der Waals surface area contributed by atoms with Crippen LogP contribution in [0.1, 0.15) is 21.6 Å². The minimum Gasteiger partial charge on any atom is -0.325 e. The largest absolute Gasteiger partial charge is 0.325 e. The lowest BCUT2D eigenvalue weighted by Gasteiger charge is -2.16. The Balaban J connectivity index is 1.90. The minimum atomic E-state index is 0.0265. The zero-order valence-electron chi connectivity index (χ0n) is 13.1. The van der Waals surface area contributed by atoms with Crippen molar-refractivity contribution in [2.75, 3.05) is 18.9 Å². The number of nitrogens with zero attached hydrogens (tertiary/aromatic N) is 1. The van der Waals surface area contributed by atoms with Crippen molar-refractivity contribution in [1.29, 1.82) is 0 Å². The summed E-state index contributed by atoms with van der Waals surface area (Å²) < 4.78 is 0. The maximum absolute atomic E-state index is 12.1. The van der Waals surface area contributed by atoms with Gasteiger partial charge in [0.25, 0.3) is 0 Å². The van der Waals surface area contributed by atoms with E-state index in [0.29, 0.717) is 6.54 Å². The molecule has 4 heteroatoms. The van der Waals surface area contributed by atoms with E-state index in [1.54, 1.807) is 11.3 Å². The molecule has 0 aliphatic carbocycles. The van der Waals surface area contributed by atoms with Crippen LogP contribution in [0.4, 0.5) is 5.69 Å². The Morgan fingerprint density at radius 2 is 1.95 bits per heavy atom. The molecule has 0 fully saturated rings. The second kappa shape index (κ2) is 6.87. The number of thiophene rings is 1. The van der Waals surface area contributed by atoms with Crippen LogP contribution in [0.3, 0.4) is 0 Å². The average molecular weight is 302 g/mol. The molecule has 0 saturated heterocycles. The van der Waals surface area contributed by atoms with E-state index in [2.05, 4.69) is 36.7 Å². The van der Waals surface area contributed by atoms with Crippen LogP contribution in [0.2, 0.25) is 0 Å². The number of nitrogens with one attached hydrogen (secondary N) is 1. The maximum Gasteiger partial charge on any atom is 0.238 e. The molecule has 1 amide bonds. The highest BCUT2D eigenvalue weighted by atomic mass is 32.1. The summed E-state index contributed by atoms with van der Waals surface area (Å²) in [5.74, 6) is 0.0265. The third-order valence-electron chi connectivity index (χ3n) is 3.45. The lowest BCUT2D eigenvalue weighted by atomic mass is 10.1. The first-order valence-electron chi connectivity index (χ1n) is 7.04. The number of hydrogen-bond acceptors (Lipinski definition) is 3. The quantitative estimate of drug-likeness (QED) is 0.912. The first-order valence-corrected chi connectivity index (χ1v) is 7.92. The van der Waals surface area contributed by atoms with Crippen molar-refractivity contribution in [2.45, 2.75) is 27.3 Å². The summed E-state index contributed by atoms with van der Waals surface area (Å²) in [6, 6.07) is 8.17. The lowest BCUT2D eigenvalue weighted by Crippen LogP contribution is -2.30. The van der Waals surface area contributed by atoms with Crippen LogP contribution in [-0.2, 0) is 11.3 Å². The fourth-order valence-corrected chi connectivity index (χ4v) is 3.24. The van der Waals surface area contributed by atoms with Gasteiger partial charge in [0.15, 0.2) is 0 Å². The second-order valence-electron chi connectivity index (χ2n) is 5.57. The molecule has 0 saturated carbocycles. The summed E-state index contributed by atoms with van der Waals surface area (Å²) in [6.07, 6.45) is 0. The molecule has 112 valence electrons. The van der Waals surface area contributed by atoms with Crippen LogP contribution in [0.5, 0.6) is 0 Å². The van der Waals surface area contributed by atoms with Crippen LogP contribution >= 0.6 is 11.3 Å². The van der Waals surface area contributed by atoms with Crippen molar-refractivity contribution in [3.8, 4) is 0 Å². The molecule has 0 bridgehead atoms. The van der Waals surface area contributed by atoms with E-state index in [9.17, 15) is 4.79 Å². The van der Waals surface area contributed by atoms with E-state index in [1.807, 2.05) is 31.0 Å². The minimum absolute atomic E-state index is 0.0265. The van der Waals surface area contributed by atoms with Gasteiger partial charge in [-0.3, -0.25) is 9.69 Å². The summed E-state index contributed by atoms with van der Waals surface area (Å²) in [7, 11) is 1.97. The Morgan fingerprint density at radius 1 is 1.19 bits per heavy atom. The number of benzene rings is 1. The van der Waals surface area contributed by atoms with Gasteiger partial charge in [-0.25, -0.2) is 0 Å². The number of aryl methyl sites for hydroxylation is 3. The highest BCUT2D eigenvalue weighted by Crippen LogP contribution is 2.18. The van der Waals surface area contributed by atoms with Crippen LogP contribution < -0.4 is 5.32 Å². The molecule has 2 rings (SSSR count). The summed E-state index contributed by atoms with van der Waals surface area (Å²) >= 11 is 1.74. The topological polar surface area (TPSA) is 32.3 Å². The van der Waals surface area contributed by atoms with E-state index < -0.39 is 0 Å². The van der Waals surface area contributed by atoms with Crippen molar-refractivity contribution < 1.29 is 4.79 Å². The van der Waals surface area contributed by atoms with Gasteiger partial charge in [0.05, 0.1) is 6.54 Å². The lowest BCUT2D eigenvalue weighted by molar-refractivity contribution is -0.117. The van der Waals surface area contributed by atoms with Gasteiger partial charge < -0.3 is 5.32 Å². The Labute approximate surface area is 130 Å². The Morgan fingerprint density at radius 3 is 2.57 bits per heavy atom. The molecule has 3 nitrogen and oxygen atoms in total. The van der Waals surface area contributed by atoms with Crippen molar-refractivity contribution in [1.82, 2.24) is 4.90 Å². The number of carbonyl (C=O) groups is 1. The molecule has 0 aliphatic heterocycles. The predicted molar refractivity (Wildman–Crippen MR) is 89.9 cm³/mol. The highest BCUT2D eigenvalue weighted by molar-refractivity contribution is 7.10. The summed E-state index contributed by atoms with van der Waals surface area (Å²) in [5.41, 5.74) is 4.49. The predicted octanol–water partition coefficient (Wildman–Crippen LogP) is 3.74. The van der Waals surface area contributed by atoms with Crippen molar-refractivity contribution in [3.05, 3.63) is 51.2 Å². The molecule has 0 spiro atoms. The number of carbonyl (C=O) groups excluding carboxylic acids is 1. The SMILES string of the molecule is Cc1ccc(NC(=O)CN(C)Cc2sccc2C)c(C)c1. The van der Waals surface area contributed by atoms with Crippen LogP contribution in [0.15, 0.2) is 29.6 Å². The number of anilines is 1. The van der Waals surface area contributed by atoms with Crippen molar-refractivity contribution in [3.63, 3.8) is 0 Å². The number of hydrogen-bond donors (Lipinski definition) is 1. The number of amides is 1. The third-order valence-corrected chi connectivity index (χ3v) is 4.46. The second-order valence-corrected chi connectivity index (χ2v) is 6.57. The van der Waals surface area contributed by atoms with Crippen LogP contribution in [0.25, 0.3) is 0 Å². The molecule has 0 aliphatic rings. The molecule has 21 heavy (non-hydrogen) atoms. The Hall–Kier alpha value is -1.65. The zero-order chi connectivity index (χ0) is 15.4. The van der Waals surface area contributed by atoms with Gasteiger partial charge in [-0.15, -0.1) is 11.3 Å². The third kappa shape index (κ3) is 4.41. The van der Waals surface area contributed by atoms with Gasteiger partial charge in [-0.05, 0) is 56.5 Å². The molecule has 0 atom stereocenters. The molecule has 2 aromatic rings. The molecule has 0 unspecified atom stereocenters. The maximum atomic E-state index is 12.1. The smallest absolute Gasteiger partial charge is 0.238 e. The first-order chi connectivity index (χ1) is 9.95. The van der Waals surface area contributed by atoms with Gasteiger partial charge in [-0.1, -0.05) is 17.7 Å². The highest BCUT2D eigenvalue weighted by Gasteiger charge is 2.10. The molecular formula is C17H22N2OS. The van der Waals surface area contributed by atoms with Gasteiger partial charge in [0, 0.05) is 17.1 Å². The van der Waals surface area contributed by atoms with Gasteiger partial charge in [0.2, 0.25) is 5.91 Å². The molecular weight excluding hydrogens is 280 g/mol. The van der Waals surface area contributed by atoms with E-state index in [0.717, 1.165) is 17.8 Å². The average Bonchev–Trinajstić information content (AvgIpc) is 2.78. The molecule has 1 aromatic carbocycles. The Bertz CT molecular complexity index is 633. The van der Waals surface area contributed by atoms with E-state index >= 15 is 0 Å². The van der Waals surface area contributed by atoms with E-state index in [1.165, 1.54) is 16.0 Å². The molecule has 1 heterocycles. The number of likely N-dealkylation sites (N-methyl/N-ethyl adjacent to an activating group) is 1. The summed E-state index contributed by atoms with van der Waals surface area (Å²) in [5, 5.41) is 5.08. The van der Waals surface area contributed by atoms with Crippen LogP contribution in [-0.4, -0.2) is 24.4 Å². The number of rotatable bonds is 5. The Kier molecular flexibility index (Phi) is 5.15. The van der Waals surface area contributed by atoms with E-state index in [4.69, 9.17) is 0 Å². The fraction of sp³-hybridized carbons (Fsp3) is 0.353. The van der Waals surface area contributed by atoms with Crippen molar-refractivity contribution >= 4 is 22.9 Å². The molecule has 1 N–H and O–H groups in total. The zero-order valence-corrected chi connectivity index (χ0v) is 13.9. The van der Waals surface area contributed by atoms with Gasteiger partial charge in [-0.2, -0.15) is 0 Å². The standard InChI is InChI=1S/C17H22N2OS/c1-12-5-6-15(14(3)9-12)18-17(20)11-19(4)10-16-13(2)7-8-21-16/h5-9H,10-11H2,1-4H3,(H,18,20).